The van der Waals surface area contributed by atoms with Crippen molar-refractivity contribution < 1.29 is 9.90 Å². The first-order chi connectivity index (χ1) is 6.04. The number of carboxylic acids is 1. The Balaban J connectivity index is 3.26. The number of nitrogens with two attached hydrogens (primary N) is 1. The average molecular weight is 205 g/mol. The van der Waals surface area contributed by atoms with Gasteiger partial charge in [0.1, 0.15) is 6.04 Å². The van der Waals surface area contributed by atoms with Gasteiger partial charge >= 0.3 is 5.97 Å². The summed E-state index contributed by atoms with van der Waals surface area (Å²) in [5, 5.41) is 18.3. The number of thioether (sulfide) groups is 1. The van der Waals surface area contributed by atoms with E-state index in [2.05, 4.69) is 5.32 Å². The van der Waals surface area contributed by atoms with E-state index in [0.29, 0.717) is 18.1 Å². The monoisotopic (exact) mass is 205 g/mol. The van der Waals surface area contributed by atoms with E-state index in [9.17, 15) is 4.79 Å². The maximum atomic E-state index is 10.3. The van der Waals surface area contributed by atoms with E-state index in [1.165, 1.54) is 11.8 Å². The number of carbonyl (C=O) groups is 1. The molecule has 5 N–H and O–H groups in total. The summed E-state index contributed by atoms with van der Waals surface area (Å²) in [6, 6.07) is -0.786. The van der Waals surface area contributed by atoms with E-state index in [4.69, 9.17) is 16.2 Å². The lowest BCUT2D eigenvalue weighted by Crippen LogP contribution is -2.33. The molecule has 0 aliphatic rings. The largest absolute Gasteiger partial charge is 0.480 e. The number of carboxylic acid groups (broad SMARTS) is 1. The van der Waals surface area contributed by atoms with Crippen LogP contribution in [0, 0.1) is 5.41 Å². The first-order valence-corrected chi connectivity index (χ1v) is 5.04. The number of rotatable bonds is 6. The van der Waals surface area contributed by atoms with Crippen LogP contribution in [0.15, 0.2) is 0 Å². The van der Waals surface area contributed by atoms with Gasteiger partial charge in [-0.05, 0) is 6.92 Å². The summed E-state index contributed by atoms with van der Waals surface area (Å²) in [7, 11) is 0. The second-order valence-electron chi connectivity index (χ2n) is 2.57. The Labute approximate surface area is 81.6 Å². The molecule has 76 valence electrons. The van der Waals surface area contributed by atoms with Crippen molar-refractivity contribution >= 4 is 23.6 Å². The molecule has 0 aromatic carbocycles. The van der Waals surface area contributed by atoms with Crippen LogP contribution in [0.1, 0.15) is 6.92 Å². The lowest BCUT2D eigenvalue weighted by atomic mass is 10.4. The summed E-state index contributed by atoms with van der Waals surface area (Å²) in [6.45, 7) is 2.33. The van der Waals surface area contributed by atoms with Crippen LogP contribution in [0.5, 0.6) is 0 Å². The fourth-order valence-electron chi connectivity index (χ4n) is 0.592. The summed E-state index contributed by atoms with van der Waals surface area (Å²) < 4.78 is 0. The summed E-state index contributed by atoms with van der Waals surface area (Å²) >= 11 is 1.47. The number of hydrogen-bond acceptors (Lipinski definition) is 4. The molecule has 0 rings (SSSR count). The Morgan fingerprint density at radius 1 is 1.77 bits per heavy atom. The number of amidine groups is 1. The normalized spacial score (nSPS) is 12.2. The predicted octanol–water partition coefficient (Wildman–Crippen LogP) is -0.282. The van der Waals surface area contributed by atoms with Gasteiger partial charge in [0, 0.05) is 18.1 Å². The second kappa shape index (κ2) is 6.73. The molecular formula is C7H15N3O2S. The molecule has 0 saturated heterocycles. The third kappa shape index (κ3) is 7.61. The molecule has 0 bridgehead atoms. The first kappa shape index (κ1) is 12.2. The number of aliphatic carboxylic acids is 1. The topological polar surface area (TPSA) is 99.2 Å². The summed E-state index contributed by atoms with van der Waals surface area (Å²) in [4.78, 5) is 10.3. The highest BCUT2D eigenvalue weighted by Crippen LogP contribution is 2.00. The SMILES string of the molecule is CC(=N)NCCSC[C@@H](N)C(=O)O. The minimum Gasteiger partial charge on any atom is -0.480 e. The van der Waals surface area contributed by atoms with Crippen molar-refractivity contribution in [2.45, 2.75) is 13.0 Å². The van der Waals surface area contributed by atoms with Crippen LogP contribution in [-0.4, -0.2) is 41.0 Å². The minimum absolute atomic E-state index is 0.411. The Bertz CT molecular complexity index is 187. The van der Waals surface area contributed by atoms with Crippen LogP contribution in [0.2, 0.25) is 0 Å². The molecule has 0 aromatic rings. The van der Waals surface area contributed by atoms with E-state index in [-0.39, 0.29) is 0 Å². The molecule has 0 saturated carbocycles. The molecule has 0 aliphatic carbocycles. The lowest BCUT2D eigenvalue weighted by molar-refractivity contribution is -0.137. The number of hydrogen-bond donors (Lipinski definition) is 4. The Morgan fingerprint density at radius 3 is 2.85 bits per heavy atom. The van der Waals surface area contributed by atoms with Crippen molar-refractivity contribution in [2.75, 3.05) is 18.1 Å². The zero-order valence-electron chi connectivity index (χ0n) is 7.54. The van der Waals surface area contributed by atoms with Crippen molar-refractivity contribution in [2.24, 2.45) is 5.73 Å². The standard InChI is InChI=1S/C7H15N3O2S/c1-5(8)10-2-3-13-4-6(9)7(11)12/h6H,2-4,9H2,1H3,(H2,8,10)(H,11,12)/t6-/m1/s1. The van der Waals surface area contributed by atoms with Crippen LogP contribution < -0.4 is 11.1 Å². The molecule has 0 spiro atoms. The first-order valence-electron chi connectivity index (χ1n) is 3.89. The second-order valence-corrected chi connectivity index (χ2v) is 3.72. The van der Waals surface area contributed by atoms with Gasteiger partial charge in [0.15, 0.2) is 0 Å². The molecular weight excluding hydrogens is 190 g/mol. The Morgan fingerprint density at radius 2 is 2.38 bits per heavy atom. The highest BCUT2D eigenvalue weighted by molar-refractivity contribution is 7.99. The molecule has 6 heteroatoms. The minimum atomic E-state index is -0.969. The smallest absolute Gasteiger partial charge is 0.321 e. The van der Waals surface area contributed by atoms with Crippen molar-refractivity contribution in [3.05, 3.63) is 0 Å². The van der Waals surface area contributed by atoms with Crippen molar-refractivity contribution in [3.8, 4) is 0 Å². The summed E-state index contributed by atoms with van der Waals surface area (Å²) in [5.41, 5.74) is 5.28. The zero-order valence-corrected chi connectivity index (χ0v) is 8.36. The van der Waals surface area contributed by atoms with Crippen LogP contribution >= 0.6 is 11.8 Å². The van der Waals surface area contributed by atoms with Crippen molar-refractivity contribution in [1.82, 2.24) is 5.32 Å². The molecule has 5 nitrogen and oxygen atoms in total. The van der Waals surface area contributed by atoms with Gasteiger partial charge in [-0.25, -0.2) is 0 Å². The van der Waals surface area contributed by atoms with Gasteiger partial charge in [-0.2, -0.15) is 11.8 Å². The Hall–Kier alpha value is -0.750. The van der Waals surface area contributed by atoms with Gasteiger partial charge in [-0.1, -0.05) is 0 Å². The summed E-state index contributed by atoms with van der Waals surface area (Å²) in [5.74, 6) is 0.623. The van der Waals surface area contributed by atoms with E-state index in [0.717, 1.165) is 5.75 Å². The molecule has 13 heavy (non-hydrogen) atoms. The molecule has 0 aliphatic heterocycles. The van der Waals surface area contributed by atoms with Crippen LogP contribution in [-0.2, 0) is 4.79 Å². The molecule has 0 aromatic heterocycles. The zero-order chi connectivity index (χ0) is 10.3. The van der Waals surface area contributed by atoms with Gasteiger partial charge in [-0.3, -0.25) is 10.2 Å². The van der Waals surface area contributed by atoms with E-state index < -0.39 is 12.0 Å². The molecule has 0 fully saturated rings. The van der Waals surface area contributed by atoms with E-state index >= 15 is 0 Å². The average Bonchev–Trinajstić information content (AvgIpc) is 2.02. The third-order valence-electron chi connectivity index (χ3n) is 1.25. The third-order valence-corrected chi connectivity index (χ3v) is 2.34. The van der Waals surface area contributed by atoms with Gasteiger partial charge in [0.05, 0.1) is 5.84 Å². The molecule has 0 radical (unpaired) electrons. The van der Waals surface area contributed by atoms with E-state index in [1.54, 1.807) is 6.92 Å². The fourth-order valence-corrected chi connectivity index (χ4v) is 1.40. The van der Waals surface area contributed by atoms with E-state index in [1.807, 2.05) is 0 Å². The maximum Gasteiger partial charge on any atom is 0.321 e. The highest BCUT2D eigenvalue weighted by atomic mass is 32.2. The van der Waals surface area contributed by atoms with Gasteiger partial charge in [0.25, 0.3) is 0 Å². The highest BCUT2D eigenvalue weighted by Gasteiger charge is 2.09. The summed E-state index contributed by atoms with van der Waals surface area (Å²) in [6.07, 6.45) is 0. The van der Waals surface area contributed by atoms with Crippen LogP contribution in [0.25, 0.3) is 0 Å². The van der Waals surface area contributed by atoms with Crippen molar-refractivity contribution in [1.29, 1.82) is 5.41 Å². The van der Waals surface area contributed by atoms with Gasteiger partial charge in [-0.15, -0.1) is 0 Å². The van der Waals surface area contributed by atoms with Gasteiger partial charge < -0.3 is 16.2 Å². The molecule has 0 amide bonds. The number of nitrogens with one attached hydrogen (secondary N) is 2. The fraction of sp³-hybridized carbons (Fsp3) is 0.714. The quantitative estimate of drug-likeness (QED) is 0.271. The van der Waals surface area contributed by atoms with Crippen LogP contribution in [0.4, 0.5) is 0 Å². The van der Waals surface area contributed by atoms with Crippen LogP contribution in [0.3, 0.4) is 0 Å². The molecule has 0 heterocycles. The lowest BCUT2D eigenvalue weighted by Gasteiger charge is -2.06. The predicted molar refractivity (Wildman–Crippen MR) is 54.3 cm³/mol. The maximum absolute atomic E-state index is 10.3. The molecule has 1 atom stereocenters. The Kier molecular flexibility index (Phi) is 6.34. The molecule has 0 unspecified atom stereocenters. The van der Waals surface area contributed by atoms with Crippen molar-refractivity contribution in [3.63, 3.8) is 0 Å². The van der Waals surface area contributed by atoms with Gasteiger partial charge in [0.2, 0.25) is 0 Å².